The Morgan fingerprint density at radius 2 is 2.00 bits per heavy atom. The molecule has 6 nitrogen and oxygen atoms in total. The number of unbranched alkanes of at least 4 members (excludes halogenated alkanes) is 2. The molecule has 2 amide bonds. The highest BCUT2D eigenvalue weighted by molar-refractivity contribution is 6.30. The molecule has 0 saturated heterocycles. The molecule has 1 atom stereocenters. The zero-order valence-corrected chi connectivity index (χ0v) is 19.2. The third-order valence-corrected chi connectivity index (χ3v) is 5.73. The molecule has 166 valence electrons. The van der Waals surface area contributed by atoms with Crippen molar-refractivity contribution in [3.63, 3.8) is 0 Å². The van der Waals surface area contributed by atoms with Gasteiger partial charge in [0.05, 0.1) is 35.9 Å². The first-order chi connectivity index (χ1) is 15.5. The number of aromatic amines is 1. The van der Waals surface area contributed by atoms with Crippen molar-refractivity contribution in [1.29, 1.82) is 5.26 Å². The Labute approximate surface area is 194 Å². The molecule has 0 aliphatic heterocycles. The number of imidazole rings is 1. The van der Waals surface area contributed by atoms with E-state index in [9.17, 15) is 4.79 Å². The average molecular weight is 450 g/mol. The number of H-pyrrole nitrogens is 1. The van der Waals surface area contributed by atoms with Crippen molar-refractivity contribution in [3.05, 3.63) is 82.9 Å². The zero-order valence-electron chi connectivity index (χ0n) is 18.5. The van der Waals surface area contributed by atoms with Gasteiger partial charge in [-0.1, -0.05) is 49.6 Å². The minimum absolute atomic E-state index is 0.100. The summed E-state index contributed by atoms with van der Waals surface area (Å²) in [6, 6.07) is 16.6. The van der Waals surface area contributed by atoms with Crippen molar-refractivity contribution in [2.75, 3.05) is 18.5 Å². The number of amides is 2. The molecule has 3 rings (SSSR count). The van der Waals surface area contributed by atoms with E-state index in [0.29, 0.717) is 23.6 Å². The minimum Gasteiger partial charge on any atom is -0.347 e. The molecule has 1 aromatic heterocycles. The number of aromatic nitrogens is 2. The van der Waals surface area contributed by atoms with Crippen LogP contribution in [0.3, 0.4) is 0 Å². The Morgan fingerprint density at radius 3 is 2.62 bits per heavy atom. The van der Waals surface area contributed by atoms with Crippen LogP contribution in [0.2, 0.25) is 5.02 Å². The van der Waals surface area contributed by atoms with Gasteiger partial charge in [0.2, 0.25) is 0 Å². The number of benzene rings is 2. The fourth-order valence-electron chi connectivity index (χ4n) is 3.68. The van der Waals surface area contributed by atoms with Gasteiger partial charge in [-0.25, -0.2) is 9.78 Å². The number of nitriles is 1. The summed E-state index contributed by atoms with van der Waals surface area (Å²) in [6.07, 6.45) is 7.02. The van der Waals surface area contributed by atoms with Gasteiger partial charge in [-0.2, -0.15) is 5.26 Å². The predicted molar refractivity (Wildman–Crippen MR) is 128 cm³/mol. The number of hydrogen-bond donors (Lipinski definition) is 1. The number of urea groups is 1. The van der Waals surface area contributed by atoms with Crippen molar-refractivity contribution >= 4 is 23.3 Å². The monoisotopic (exact) mass is 449 g/mol. The van der Waals surface area contributed by atoms with Crippen molar-refractivity contribution in [3.8, 4) is 6.07 Å². The predicted octanol–water partition coefficient (Wildman–Crippen LogP) is 5.97. The summed E-state index contributed by atoms with van der Waals surface area (Å²) in [4.78, 5) is 24.6. The Hall–Kier alpha value is -3.30. The van der Waals surface area contributed by atoms with Gasteiger partial charge in [0.15, 0.2) is 0 Å². The molecule has 2 aromatic carbocycles. The maximum Gasteiger partial charge on any atom is 0.324 e. The molecule has 0 radical (unpaired) electrons. The van der Waals surface area contributed by atoms with Crippen LogP contribution in [0.1, 0.15) is 49.0 Å². The molecule has 3 aromatic rings. The average Bonchev–Trinajstić information content (AvgIpc) is 3.35. The van der Waals surface area contributed by atoms with Crippen LogP contribution in [0.15, 0.2) is 61.1 Å². The van der Waals surface area contributed by atoms with Gasteiger partial charge in [-0.3, -0.25) is 4.90 Å². The fourth-order valence-corrected chi connectivity index (χ4v) is 3.86. The quantitative estimate of drug-likeness (QED) is 0.409. The third kappa shape index (κ3) is 5.89. The highest BCUT2D eigenvalue weighted by atomic mass is 35.5. The van der Waals surface area contributed by atoms with Crippen LogP contribution in [0.4, 0.5) is 10.5 Å². The minimum atomic E-state index is -0.226. The summed E-state index contributed by atoms with van der Waals surface area (Å²) in [5, 5.41) is 9.69. The van der Waals surface area contributed by atoms with Gasteiger partial charge in [0, 0.05) is 24.3 Å². The number of carbonyl (C=O) groups excluding carboxylic acids is 1. The molecule has 0 saturated carbocycles. The molecule has 1 N–H and O–H groups in total. The van der Waals surface area contributed by atoms with Gasteiger partial charge in [-0.15, -0.1) is 0 Å². The van der Waals surface area contributed by atoms with Crippen LogP contribution in [-0.2, 0) is 6.42 Å². The first kappa shape index (κ1) is 23.4. The van der Waals surface area contributed by atoms with Crippen molar-refractivity contribution < 1.29 is 4.79 Å². The van der Waals surface area contributed by atoms with Crippen molar-refractivity contribution in [2.24, 2.45) is 0 Å². The van der Waals surface area contributed by atoms with E-state index in [0.717, 1.165) is 36.2 Å². The van der Waals surface area contributed by atoms with Crippen molar-refractivity contribution in [2.45, 2.75) is 38.6 Å². The van der Waals surface area contributed by atoms with E-state index in [2.05, 4.69) is 23.0 Å². The lowest BCUT2D eigenvalue weighted by Gasteiger charge is -2.35. The van der Waals surface area contributed by atoms with Gasteiger partial charge in [-0.05, 0) is 48.7 Å². The van der Waals surface area contributed by atoms with E-state index >= 15 is 0 Å². The summed E-state index contributed by atoms with van der Waals surface area (Å²) in [5.41, 5.74) is 3.27. The number of halogens is 1. The van der Waals surface area contributed by atoms with Crippen LogP contribution < -0.4 is 4.90 Å². The molecule has 0 aliphatic carbocycles. The smallest absolute Gasteiger partial charge is 0.324 e. The van der Waals surface area contributed by atoms with Crippen LogP contribution in [-0.4, -0.2) is 34.5 Å². The molecular weight excluding hydrogens is 422 g/mol. The molecular formula is C25H28ClN5O. The molecule has 0 aliphatic rings. The fraction of sp³-hybridized carbons (Fsp3) is 0.320. The number of carbonyl (C=O) groups is 1. The standard InChI is InChI=1S/C25H28ClN5O/c1-3-4-5-13-31(25(32)30(2)22-8-6-7-21(26)15-22)24(23-17-28-18-29-23)14-19-9-11-20(16-27)12-10-19/h6-12,15,17-18,24H,3-5,13-14H2,1-2H3,(H,28,29). The Balaban J connectivity index is 1.93. The maximum atomic E-state index is 13.7. The molecule has 1 unspecified atom stereocenters. The molecule has 0 bridgehead atoms. The second-order valence-electron chi connectivity index (χ2n) is 7.76. The second-order valence-corrected chi connectivity index (χ2v) is 8.19. The topological polar surface area (TPSA) is 76.0 Å². The van der Waals surface area contributed by atoms with Crippen LogP contribution >= 0.6 is 11.6 Å². The summed E-state index contributed by atoms with van der Waals surface area (Å²) >= 11 is 6.16. The molecule has 7 heteroatoms. The first-order valence-corrected chi connectivity index (χ1v) is 11.2. The number of nitrogens with zero attached hydrogens (tertiary/aromatic N) is 4. The van der Waals surface area contributed by atoms with Crippen LogP contribution in [0.25, 0.3) is 0 Å². The van der Waals surface area contributed by atoms with Gasteiger partial charge in [0.1, 0.15) is 0 Å². The summed E-state index contributed by atoms with van der Waals surface area (Å²) < 4.78 is 0. The summed E-state index contributed by atoms with van der Waals surface area (Å²) in [6.45, 7) is 2.77. The number of rotatable bonds is 9. The highest BCUT2D eigenvalue weighted by Crippen LogP contribution is 2.28. The zero-order chi connectivity index (χ0) is 22.9. The van der Waals surface area contributed by atoms with E-state index in [1.165, 1.54) is 0 Å². The van der Waals surface area contributed by atoms with Crippen LogP contribution in [0, 0.1) is 11.3 Å². The van der Waals surface area contributed by atoms with Gasteiger partial charge >= 0.3 is 6.03 Å². The lowest BCUT2D eigenvalue weighted by atomic mass is 10.0. The van der Waals surface area contributed by atoms with Crippen LogP contribution in [0.5, 0.6) is 0 Å². The number of nitrogens with one attached hydrogen (secondary N) is 1. The van der Waals surface area contributed by atoms with E-state index in [1.54, 1.807) is 48.7 Å². The summed E-state index contributed by atoms with van der Waals surface area (Å²) in [5.74, 6) is 0. The normalized spacial score (nSPS) is 11.6. The Bertz CT molecular complexity index is 1040. The highest BCUT2D eigenvalue weighted by Gasteiger charge is 2.29. The largest absolute Gasteiger partial charge is 0.347 e. The lowest BCUT2D eigenvalue weighted by Crippen LogP contribution is -2.44. The second kappa shape index (κ2) is 11.4. The van der Waals surface area contributed by atoms with E-state index in [4.69, 9.17) is 16.9 Å². The SMILES string of the molecule is CCCCCN(C(=O)N(C)c1cccc(Cl)c1)C(Cc1ccc(C#N)cc1)c1cnc[nH]1. The Kier molecular flexibility index (Phi) is 8.29. The third-order valence-electron chi connectivity index (χ3n) is 5.50. The summed E-state index contributed by atoms with van der Waals surface area (Å²) in [7, 11) is 1.77. The maximum absolute atomic E-state index is 13.7. The lowest BCUT2D eigenvalue weighted by molar-refractivity contribution is 0.178. The number of anilines is 1. The molecule has 0 spiro atoms. The van der Waals surface area contributed by atoms with E-state index in [-0.39, 0.29) is 12.1 Å². The van der Waals surface area contributed by atoms with E-state index < -0.39 is 0 Å². The first-order valence-electron chi connectivity index (χ1n) is 10.8. The number of hydrogen-bond acceptors (Lipinski definition) is 3. The van der Waals surface area contributed by atoms with Crippen molar-refractivity contribution in [1.82, 2.24) is 14.9 Å². The van der Waals surface area contributed by atoms with Gasteiger partial charge < -0.3 is 9.88 Å². The molecule has 0 fully saturated rings. The van der Waals surface area contributed by atoms with E-state index in [1.807, 2.05) is 29.2 Å². The molecule has 32 heavy (non-hydrogen) atoms. The Morgan fingerprint density at radius 1 is 1.22 bits per heavy atom. The van der Waals surface area contributed by atoms with Gasteiger partial charge in [0.25, 0.3) is 0 Å². The molecule has 1 heterocycles.